The largest absolute Gasteiger partial charge is 0.424 e. The van der Waals surface area contributed by atoms with Crippen LogP contribution in [0, 0.1) is 6.92 Å². The molecule has 0 aromatic carbocycles. The summed E-state index contributed by atoms with van der Waals surface area (Å²) >= 11 is 1.74. The lowest BCUT2D eigenvalue weighted by Crippen LogP contribution is -2.18. The van der Waals surface area contributed by atoms with E-state index < -0.39 is 0 Å². The second-order valence-corrected chi connectivity index (χ2v) is 4.98. The van der Waals surface area contributed by atoms with Gasteiger partial charge in [0.2, 0.25) is 11.8 Å². The molecule has 17 heavy (non-hydrogen) atoms. The van der Waals surface area contributed by atoms with Crippen molar-refractivity contribution in [1.82, 2.24) is 20.5 Å². The molecule has 2 aromatic heterocycles. The van der Waals surface area contributed by atoms with Crippen molar-refractivity contribution in [2.75, 3.05) is 0 Å². The van der Waals surface area contributed by atoms with Crippen molar-refractivity contribution in [2.24, 2.45) is 0 Å². The molecule has 0 aliphatic carbocycles. The molecule has 5 nitrogen and oxygen atoms in total. The van der Waals surface area contributed by atoms with E-state index in [1.165, 1.54) is 4.88 Å². The standard InChI is InChI=1S/C11H16N4OS/c1-4-9-5-13-11(17-9)7(2)12-6-10-15-14-8(3)16-10/h5,7,12H,4,6H2,1-3H3. The zero-order valence-corrected chi connectivity index (χ0v) is 11.0. The van der Waals surface area contributed by atoms with Gasteiger partial charge in [0, 0.05) is 18.0 Å². The minimum atomic E-state index is 0.201. The number of hydrogen-bond donors (Lipinski definition) is 1. The molecular weight excluding hydrogens is 236 g/mol. The van der Waals surface area contributed by atoms with Crippen LogP contribution in [-0.2, 0) is 13.0 Å². The number of nitrogens with zero attached hydrogens (tertiary/aromatic N) is 3. The van der Waals surface area contributed by atoms with Crippen LogP contribution in [0.1, 0.15) is 41.6 Å². The van der Waals surface area contributed by atoms with Crippen LogP contribution in [0.4, 0.5) is 0 Å². The van der Waals surface area contributed by atoms with E-state index in [0.717, 1.165) is 11.4 Å². The van der Waals surface area contributed by atoms with Crippen LogP contribution in [0.25, 0.3) is 0 Å². The van der Waals surface area contributed by atoms with Gasteiger partial charge in [-0.25, -0.2) is 4.98 Å². The number of thiazole rings is 1. The molecular formula is C11H16N4OS. The van der Waals surface area contributed by atoms with Crippen molar-refractivity contribution in [3.05, 3.63) is 27.9 Å². The fourth-order valence-electron chi connectivity index (χ4n) is 1.42. The minimum absolute atomic E-state index is 0.201. The van der Waals surface area contributed by atoms with Crippen LogP contribution < -0.4 is 5.32 Å². The Morgan fingerprint density at radius 2 is 2.29 bits per heavy atom. The van der Waals surface area contributed by atoms with Gasteiger partial charge in [0.1, 0.15) is 5.01 Å². The van der Waals surface area contributed by atoms with Crippen LogP contribution in [0.2, 0.25) is 0 Å². The Hall–Kier alpha value is -1.27. The van der Waals surface area contributed by atoms with Crippen molar-refractivity contribution >= 4 is 11.3 Å². The molecule has 0 radical (unpaired) electrons. The quantitative estimate of drug-likeness (QED) is 0.884. The summed E-state index contributed by atoms with van der Waals surface area (Å²) in [7, 11) is 0. The van der Waals surface area contributed by atoms with E-state index in [-0.39, 0.29) is 6.04 Å². The van der Waals surface area contributed by atoms with Crippen molar-refractivity contribution < 1.29 is 4.42 Å². The SMILES string of the molecule is CCc1cnc(C(C)NCc2nnc(C)o2)s1. The summed E-state index contributed by atoms with van der Waals surface area (Å²) in [6.45, 7) is 6.58. The molecule has 0 spiro atoms. The molecule has 2 heterocycles. The normalized spacial score (nSPS) is 12.9. The molecule has 0 bridgehead atoms. The number of rotatable bonds is 5. The van der Waals surface area contributed by atoms with Crippen LogP contribution in [0.3, 0.4) is 0 Å². The molecule has 1 atom stereocenters. The van der Waals surface area contributed by atoms with Gasteiger partial charge in [-0.05, 0) is 13.3 Å². The average Bonchev–Trinajstić information content (AvgIpc) is 2.94. The van der Waals surface area contributed by atoms with Crippen LogP contribution in [0.5, 0.6) is 0 Å². The van der Waals surface area contributed by atoms with Crippen molar-refractivity contribution in [2.45, 2.75) is 39.8 Å². The van der Waals surface area contributed by atoms with E-state index in [9.17, 15) is 0 Å². The van der Waals surface area contributed by atoms with Crippen LogP contribution in [-0.4, -0.2) is 15.2 Å². The Kier molecular flexibility index (Phi) is 3.86. The predicted molar refractivity (Wildman–Crippen MR) is 65.8 cm³/mol. The number of hydrogen-bond acceptors (Lipinski definition) is 6. The lowest BCUT2D eigenvalue weighted by atomic mass is 10.3. The molecule has 0 saturated heterocycles. The maximum atomic E-state index is 5.29. The van der Waals surface area contributed by atoms with Gasteiger partial charge in [0.05, 0.1) is 12.6 Å². The van der Waals surface area contributed by atoms with Crippen molar-refractivity contribution in [3.63, 3.8) is 0 Å². The first-order valence-electron chi connectivity index (χ1n) is 5.66. The topological polar surface area (TPSA) is 63.8 Å². The third-order valence-corrected chi connectivity index (χ3v) is 3.74. The highest BCUT2D eigenvalue weighted by Crippen LogP contribution is 2.20. The third kappa shape index (κ3) is 3.10. The third-order valence-electron chi connectivity index (χ3n) is 2.42. The number of aromatic nitrogens is 3. The zero-order chi connectivity index (χ0) is 12.3. The highest BCUT2D eigenvalue weighted by atomic mass is 32.1. The van der Waals surface area contributed by atoms with Crippen molar-refractivity contribution in [1.29, 1.82) is 0 Å². The van der Waals surface area contributed by atoms with E-state index in [1.807, 2.05) is 6.20 Å². The van der Waals surface area contributed by atoms with Gasteiger partial charge in [-0.2, -0.15) is 0 Å². The number of aryl methyl sites for hydroxylation is 2. The van der Waals surface area contributed by atoms with E-state index in [4.69, 9.17) is 4.42 Å². The van der Waals surface area contributed by atoms with E-state index in [2.05, 4.69) is 34.3 Å². The number of nitrogens with one attached hydrogen (secondary N) is 1. The fourth-order valence-corrected chi connectivity index (χ4v) is 2.31. The molecule has 0 aliphatic heterocycles. The molecule has 0 fully saturated rings. The van der Waals surface area contributed by atoms with E-state index >= 15 is 0 Å². The van der Waals surface area contributed by atoms with Gasteiger partial charge in [0.25, 0.3) is 0 Å². The van der Waals surface area contributed by atoms with E-state index in [1.54, 1.807) is 18.3 Å². The second kappa shape index (κ2) is 5.37. The summed E-state index contributed by atoms with van der Waals surface area (Å²) in [6, 6.07) is 0.201. The molecule has 2 rings (SSSR count). The first-order valence-corrected chi connectivity index (χ1v) is 6.47. The summed E-state index contributed by atoms with van der Waals surface area (Å²) in [5.74, 6) is 1.21. The lowest BCUT2D eigenvalue weighted by molar-refractivity contribution is 0.430. The Labute approximate surface area is 104 Å². The van der Waals surface area contributed by atoms with Gasteiger partial charge < -0.3 is 4.42 Å². The molecule has 1 unspecified atom stereocenters. The monoisotopic (exact) mass is 252 g/mol. The van der Waals surface area contributed by atoms with Gasteiger partial charge >= 0.3 is 0 Å². The Morgan fingerprint density at radius 1 is 1.47 bits per heavy atom. The van der Waals surface area contributed by atoms with Crippen LogP contribution >= 0.6 is 11.3 Å². The second-order valence-electron chi connectivity index (χ2n) is 3.84. The molecule has 0 saturated carbocycles. The van der Waals surface area contributed by atoms with E-state index in [0.29, 0.717) is 18.3 Å². The predicted octanol–water partition coefficient (Wildman–Crippen LogP) is 2.25. The van der Waals surface area contributed by atoms with Gasteiger partial charge in [0.15, 0.2) is 0 Å². The highest BCUT2D eigenvalue weighted by molar-refractivity contribution is 7.11. The minimum Gasteiger partial charge on any atom is -0.424 e. The van der Waals surface area contributed by atoms with Crippen LogP contribution in [0.15, 0.2) is 10.6 Å². The molecule has 0 amide bonds. The molecule has 0 aliphatic rings. The molecule has 92 valence electrons. The molecule has 2 aromatic rings. The first kappa shape index (κ1) is 12.2. The average molecular weight is 252 g/mol. The summed E-state index contributed by atoms with van der Waals surface area (Å²) in [5.41, 5.74) is 0. The smallest absolute Gasteiger partial charge is 0.230 e. The van der Waals surface area contributed by atoms with Gasteiger partial charge in [-0.15, -0.1) is 21.5 Å². The maximum absolute atomic E-state index is 5.29. The molecule has 1 N–H and O–H groups in total. The highest BCUT2D eigenvalue weighted by Gasteiger charge is 2.11. The zero-order valence-electron chi connectivity index (χ0n) is 10.2. The summed E-state index contributed by atoms with van der Waals surface area (Å²) in [5, 5.41) is 12.1. The lowest BCUT2D eigenvalue weighted by Gasteiger charge is -2.08. The Morgan fingerprint density at radius 3 is 2.88 bits per heavy atom. The summed E-state index contributed by atoms with van der Waals surface area (Å²) < 4.78 is 5.29. The van der Waals surface area contributed by atoms with Crippen molar-refractivity contribution in [3.8, 4) is 0 Å². The Bertz CT molecular complexity index is 479. The van der Waals surface area contributed by atoms with Gasteiger partial charge in [-0.3, -0.25) is 5.32 Å². The molecule has 6 heteroatoms. The Balaban J connectivity index is 1.90. The summed E-state index contributed by atoms with van der Waals surface area (Å²) in [4.78, 5) is 5.70. The maximum Gasteiger partial charge on any atom is 0.230 e. The van der Waals surface area contributed by atoms with Gasteiger partial charge in [-0.1, -0.05) is 6.92 Å². The first-order chi connectivity index (χ1) is 8.19. The summed E-state index contributed by atoms with van der Waals surface area (Å²) in [6.07, 6.45) is 2.97. The fraction of sp³-hybridized carbons (Fsp3) is 0.545.